The number of hydrogen-bond donors (Lipinski definition) is 2. The van der Waals surface area contributed by atoms with Crippen LogP contribution in [0.5, 0.6) is 0 Å². The maximum absolute atomic E-state index is 7.19. The summed E-state index contributed by atoms with van der Waals surface area (Å²) in [7, 11) is 0. The fourth-order valence-electron chi connectivity index (χ4n) is 0.642. The lowest BCUT2D eigenvalue weighted by Gasteiger charge is -1.99. The van der Waals surface area contributed by atoms with Gasteiger partial charge in [0.15, 0.2) is 0 Å². The van der Waals surface area contributed by atoms with Crippen LogP contribution in [0.1, 0.15) is 5.56 Å². The average Bonchev–Trinajstić information content (AvgIpc) is 1.95. The molecule has 0 bridgehead atoms. The molecule has 0 spiro atoms. The largest absolute Gasteiger partial charge is 0.338 e. The third kappa shape index (κ3) is 1.30. The number of halogens is 1. The van der Waals surface area contributed by atoms with Crippen molar-refractivity contribution in [3.05, 3.63) is 29.4 Å². The van der Waals surface area contributed by atoms with Crippen molar-refractivity contribution in [2.75, 3.05) is 5.84 Å². The van der Waals surface area contributed by atoms with E-state index in [1.54, 1.807) is 18.3 Å². The van der Waals surface area contributed by atoms with Crippen LogP contribution < -0.4 is 11.3 Å². The molecule has 1 aromatic rings. The van der Waals surface area contributed by atoms with Crippen LogP contribution in [-0.2, 0) is 5.88 Å². The summed E-state index contributed by atoms with van der Waals surface area (Å²) in [6.45, 7) is 0. The van der Waals surface area contributed by atoms with Crippen LogP contribution in [0.3, 0.4) is 0 Å². The van der Waals surface area contributed by atoms with E-state index in [2.05, 4.69) is 0 Å². The number of nitrogens with zero attached hydrogens (tertiary/aromatic N) is 1. The molecule has 4 heteroatoms. The van der Waals surface area contributed by atoms with Crippen molar-refractivity contribution >= 4 is 11.6 Å². The van der Waals surface area contributed by atoms with Gasteiger partial charge < -0.3 is 5.84 Å². The number of hydrogen-bond acceptors (Lipinski definition) is 2. The standard InChI is InChI=1S/C6H8ClN3/c7-3-5-1-2-6(8)10(9)4-5/h1-2,4,8H,3,9H2. The Morgan fingerprint density at radius 1 is 1.60 bits per heavy atom. The van der Waals surface area contributed by atoms with Gasteiger partial charge in [0.25, 0.3) is 0 Å². The molecule has 3 N–H and O–H groups in total. The first-order valence-corrected chi connectivity index (χ1v) is 3.34. The summed E-state index contributed by atoms with van der Waals surface area (Å²) < 4.78 is 1.23. The summed E-state index contributed by atoms with van der Waals surface area (Å²) in [6.07, 6.45) is 1.63. The lowest BCUT2D eigenvalue weighted by molar-refractivity contribution is 0.870. The normalized spacial score (nSPS) is 9.70. The van der Waals surface area contributed by atoms with E-state index in [0.29, 0.717) is 5.88 Å². The molecule has 0 aliphatic carbocycles. The molecule has 0 saturated heterocycles. The van der Waals surface area contributed by atoms with Crippen LogP contribution >= 0.6 is 11.6 Å². The highest BCUT2D eigenvalue weighted by Crippen LogP contribution is 1.97. The van der Waals surface area contributed by atoms with E-state index in [1.165, 1.54) is 4.68 Å². The van der Waals surface area contributed by atoms with Gasteiger partial charge in [0.05, 0.1) is 0 Å². The van der Waals surface area contributed by atoms with Crippen molar-refractivity contribution in [3.8, 4) is 0 Å². The molecule has 10 heavy (non-hydrogen) atoms. The Labute approximate surface area is 63.5 Å². The second-order valence-electron chi connectivity index (χ2n) is 1.96. The van der Waals surface area contributed by atoms with Gasteiger partial charge in [-0.1, -0.05) is 6.07 Å². The van der Waals surface area contributed by atoms with Gasteiger partial charge in [-0.25, -0.2) is 0 Å². The first-order valence-electron chi connectivity index (χ1n) is 2.81. The highest BCUT2D eigenvalue weighted by atomic mass is 35.5. The summed E-state index contributed by atoms with van der Waals surface area (Å²) in [5.41, 5.74) is 1.19. The fraction of sp³-hybridized carbons (Fsp3) is 0.167. The van der Waals surface area contributed by atoms with Gasteiger partial charge >= 0.3 is 0 Å². The van der Waals surface area contributed by atoms with Crippen LogP contribution in [0, 0.1) is 5.41 Å². The SMILES string of the molecule is N=c1ccc(CCl)cn1N. The number of rotatable bonds is 1. The highest BCUT2D eigenvalue weighted by molar-refractivity contribution is 6.17. The molecule has 1 aromatic heterocycles. The van der Waals surface area contributed by atoms with Gasteiger partial charge in [-0.15, -0.1) is 11.6 Å². The first-order chi connectivity index (χ1) is 4.74. The van der Waals surface area contributed by atoms with E-state index in [-0.39, 0.29) is 5.49 Å². The average molecular weight is 158 g/mol. The molecule has 0 fully saturated rings. The molecule has 0 unspecified atom stereocenters. The van der Waals surface area contributed by atoms with Crippen molar-refractivity contribution in [1.82, 2.24) is 4.68 Å². The number of alkyl halides is 1. The second-order valence-corrected chi connectivity index (χ2v) is 2.23. The minimum Gasteiger partial charge on any atom is -0.338 e. The summed E-state index contributed by atoms with van der Waals surface area (Å²) in [5, 5.41) is 7.19. The fourth-order valence-corrected chi connectivity index (χ4v) is 0.800. The summed E-state index contributed by atoms with van der Waals surface area (Å²) >= 11 is 5.52. The van der Waals surface area contributed by atoms with Crippen LogP contribution in [0.15, 0.2) is 18.3 Å². The van der Waals surface area contributed by atoms with Crippen molar-refractivity contribution < 1.29 is 0 Å². The Morgan fingerprint density at radius 3 is 2.80 bits per heavy atom. The molecular weight excluding hydrogens is 150 g/mol. The van der Waals surface area contributed by atoms with E-state index >= 15 is 0 Å². The Balaban J connectivity index is 3.17. The minimum atomic E-state index is 0.272. The summed E-state index contributed by atoms with van der Waals surface area (Å²) in [4.78, 5) is 0. The van der Waals surface area contributed by atoms with Gasteiger partial charge in [0.1, 0.15) is 5.49 Å². The highest BCUT2D eigenvalue weighted by Gasteiger charge is 1.89. The maximum Gasteiger partial charge on any atom is 0.143 e. The summed E-state index contributed by atoms with van der Waals surface area (Å²) in [5.74, 6) is 5.79. The van der Waals surface area contributed by atoms with Crippen LogP contribution in [-0.4, -0.2) is 4.68 Å². The van der Waals surface area contributed by atoms with Crippen molar-refractivity contribution in [3.63, 3.8) is 0 Å². The van der Waals surface area contributed by atoms with Gasteiger partial charge in [-0.05, 0) is 11.6 Å². The van der Waals surface area contributed by atoms with Gasteiger partial charge in [-0.3, -0.25) is 10.1 Å². The van der Waals surface area contributed by atoms with Crippen LogP contribution in [0.2, 0.25) is 0 Å². The molecular formula is C6H8ClN3. The molecule has 3 nitrogen and oxygen atoms in total. The van der Waals surface area contributed by atoms with Crippen molar-refractivity contribution in [1.29, 1.82) is 5.41 Å². The molecule has 0 radical (unpaired) electrons. The zero-order valence-electron chi connectivity index (χ0n) is 5.34. The van der Waals surface area contributed by atoms with Crippen molar-refractivity contribution in [2.24, 2.45) is 0 Å². The Bertz CT molecular complexity index is 279. The lowest BCUT2D eigenvalue weighted by Crippen LogP contribution is -2.25. The summed E-state index contributed by atoms with van der Waals surface area (Å²) in [6, 6.07) is 3.39. The number of nitrogens with two attached hydrogens (primary N) is 1. The van der Waals surface area contributed by atoms with Crippen LogP contribution in [0.4, 0.5) is 0 Å². The molecule has 54 valence electrons. The molecule has 0 saturated carbocycles. The van der Waals surface area contributed by atoms with Gasteiger partial charge in [-0.2, -0.15) is 0 Å². The van der Waals surface area contributed by atoms with Gasteiger partial charge in [0, 0.05) is 12.1 Å². The molecule has 0 aliphatic rings. The predicted octanol–water partition coefficient (Wildman–Crippen LogP) is 0.420. The van der Waals surface area contributed by atoms with E-state index in [0.717, 1.165) is 5.56 Å². The number of pyridine rings is 1. The Hall–Kier alpha value is -0.960. The third-order valence-electron chi connectivity index (χ3n) is 1.19. The smallest absolute Gasteiger partial charge is 0.143 e. The quantitative estimate of drug-likeness (QED) is 0.451. The second kappa shape index (κ2) is 2.75. The lowest BCUT2D eigenvalue weighted by atomic mass is 10.3. The molecule has 0 aromatic carbocycles. The van der Waals surface area contributed by atoms with E-state index in [1.807, 2.05) is 0 Å². The molecule has 0 amide bonds. The molecule has 1 heterocycles. The zero-order valence-corrected chi connectivity index (χ0v) is 6.10. The molecule has 0 aliphatic heterocycles. The number of nitrogens with one attached hydrogen (secondary N) is 1. The van der Waals surface area contributed by atoms with E-state index < -0.39 is 0 Å². The molecule has 0 atom stereocenters. The number of aromatic nitrogens is 1. The number of nitrogen functional groups attached to an aromatic ring is 1. The van der Waals surface area contributed by atoms with Crippen LogP contribution in [0.25, 0.3) is 0 Å². The predicted molar refractivity (Wildman–Crippen MR) is 40.0 cm³/mol. The minimum absolute atomic E-state index is 0.272. The van der Waals surface area contributed by atoms with E-state index in [4.69, 9.17) is 22.9 Å². The zero-order chi connectivity index (χ0) is 7.56. The Kier molecular flexibility index (Phi) is 1.97. The van der Waals surface area contributed by atoms with Gasteiger partial charge in [0.2, 0.25) is 0 Å². The first kappa shape index (κ1) is 7.15. The van der Waals surface area contributed by atoms with E-state index in [9.17, 15) is 0 Å². The van der Waals surface area contributed by atoms with Crippen molar-refractivity contribution in [2.45, 2.75) is 5.88 Å². The maximum atomic E-state index is 7.19. The third-order valence-corrected chi connectivity index (χ3v) is 1.50. The topological polar surface area (TPSA) is 54.8 Å². The Morgan fingerprint density at radius 2 is 2.30 bits per heavy atom. The molecule has 1 rings (SSSR count). The monoisotopic (exact) mass is 157 g/mol.